The monoisotopic (exact) mass is 317 g/mol. The van der Waals surface area contributed by atoms with Crippen LogP contribution in [0.25, 0.3) is 0 Å². The van der Waals surface area contributed by atoms with Crippen LogP contribution in [0.4, 0.5) is 0 Å². The summed E-state index contributed by atoms with van der Waals surface area (Å²) in [5.41, 5.74) is 0. The first kappa shape index (κ1) is 30.1. The van der Waals surface area contributed by atoms with Crippen LogP contribution in [0.15, 0.2) is 0 Å². The minimum absolute atomic E-state index is 0. The van der Waals surface area contributed by atoms with Gasteiger partial charge in [0.05, 0.1) is 0 Å². The van der Waals surface area contributed by atoms with Crippen molar-refractivity contribution >= 4 is 20.8 Å². The first-order valence-corrected chi connectivity index (χ1v) is 5.59. The van der Waals surface area contributed by atoms with Crippen molar-refractivity contribution in [2.45, 2.75) is 0 Å². The van der Waals surface area contributed by atoms with E-state index in [1.54, 1.807) is 0 Å². The van der Waals surface area contributed by atoms with Gasteiger partial charge in [-0.15, -0.1) is 0 Å². The van der Waals surface area contributed by atoms with E-state index in [1.165, 1.54) is 24.3 Å². The van der Waals surface area contributed by atoms with Crippen LogP contribution in [0.2, 0.25) is 0 Å². The average Bonchev–Trinajstić information content (AvgIpc) is 2.12. The van der Waals surface area contributed by atoms with E-state index in [1.807, 2.05) is 0 Å². The molecule has 0 aromatic heterocycles. The summed E-state index contributed by atoms with van der Waals surface area (Å²) in [7, 11) is -9.33. The average molecular weight is 317 g/mol. The van der Waals surface area contributed by atoms with E-state index in [9.17, 15) is 0 Å². The molecule has 108 valence electrons. The van der Waals surface area contributed by atoms with Crippen LogP contribution in [-0.4, -0.2) is 35.0 Å². The van der Waals surface area contributed by atoms with Crippen LogP contribution in [0.1, 0.15) is 0 Å². The minimum Gasteiger partial charge on any atom is -0.344 e. The van der Waals surface area contributed by atoms with Crippen molar-refractivity contribution in [2.24, 2.45) is 0 Å². The Kier molecular flexibility index (Phi) is 28.5. The Balaban J connectivity index is -0.0000000453. The first-order valence-electron chi connectivity index (χ1n) is 2.79. The summed E-state index contributed by atoms with van der Waals surface area (Å²) in [5, 5.41) is 29.1. The van der Waals surface area contributed by atoms with Gasteiger partial charge in [0.1, 0.15) is 0 Å². The fraction of sp³-hybridized carbons (Fsp3) is 0. The Morgan fingerprint density at radius 2 is 0.632 bits per heavy atom. The topological polar surface area (TPSA) is 279 Å². The maximum atomic E-state index is 8.74. The highest BCUT2D eigenvalue weighted by molar-refractivity contribution is 7.80. The lowest BCUT2D eigenvalue weighted by Gasteiger charge is -1.68. The molecular weight excluding hydrogens is 310 g/mol. The van der Waals surface area contributed by atoms with Crippen molar-refractivity contribution in [2.75, 3.05) is 0 Å². The van der Waals surface area contributed by atoms with Gasteiger partial charge >= 0.3 is 20.8 Å². The molecule has 0 rings (SSSR count). The fourth-order valence-corrected chi connectivity index (χ4v) is 0. The molecule has 0 saturated carbocycles. The predicted octanol–water partition coefficient (Wildman–Crippen LogP) is -1.08. The first-order chi connectivity index (χ1) is 7.83. The molecule has 0 heterocycles. The number of rotatable bonds is 0. The van der Waals surface area contributed by atoms with Gasteiger partial charge in [-0.25, -0.2) is 0 Å². The zero-order valence-electron chi connectivity index (χ0n) is 8.73. The number of nitrogens with zero attached hydrogens (tertiary/aromatic N) is 4. The molecule has 0 spiro atoms. The van der Waals surface area contributed by atoms with Crippen molar-refractivity contribution < 1.29 is 35.0 Å². The van der Waals surface area contributed by atoms with Gasteiger partial charge in [0.2, 0.25) is 0 Å². The quantitative estimate of drug-likeness (QED) is 0.332. The molecule has 0 aliphatic carbocycles. The smallest absolute Gasteiger partial charge is 0.344 e. The normalized spacial score (nSPS) is 7.16. The SMILES string of the molecule is N.N#CC#N.N#CC#N.O=S(=O)(O)O.O=S(=O)(O)O. The fourth-order valence-electron chi connectivity index (χ4n) is 0. The van der Waals surface area contributed by atoms with E-state index < -0.39 is 20.8 Å². The molecule has 19 heavy (non-hydrogen) atoms. The maximum absolute atomic E-state index is 8.74. The largest absolute Gasteiger partial charge is 0.394 e. The van der Waals surface area contributed by atoms with Gasteiger partial charge in [-0.2, -0.15) is 37.9 Å². The third-order valence-electron chi connectivity index (χ3n) is 0.100. The molecule has 7 N–H and O–H groups in total. The summed E-state index contributed by atoms with van der Waals surface area (Å²) < 4.78 is 63.2. The van der Waals surface area contributed by atoms with Crippen molar-refractivity contribution in [3.05, 3.63) is 0 Å². The molecule has 15 heteroatoms. The summed E-state index contributed by atoms with van der Waals surface area (Å²) in [4.78, 5) is 0. The van der Waals surface area contributed by atoms with Gasteiger partial charge in [-0.1, -0.05) is 0 Å². The van der Waals surface area contributed by atoms with Crippen molar-refractivity contribution in [1.29, 1.82) is 21.0 Å². The number of hydrogen-bond donors (Lipinski definition) is 5. The van der Waals surface area contributed by atoms with E-state index in [0.29, 0.717) is 0 Å². The van der Waals surface area contributed by atoms with Crippen LogP contribution in [0.5, 0.6) is 0 Å². The van der Waals surface area contributed by atoms with Crippen molar-refractivity contribution in [3.8, 4) is 24.3 Å². The van der Waals surface area contributed by atoms with Gasteiger partial charge in [0.25, 0.3) is 0 Å². The molecule has 0 bridgehead atoms. The summed E-state index contributed by atoms with van der Waals surface area (Å²) >= 11 is 0. The summed E-state index contributed by atoms with van der Waals surface area (Å²) in [6.45, 7) is 0. The maximum Gasteiger partial charge on any atom is 0.394 e. The van der Waals surface area contributed by atoms with Crippen LogP contribution in [-0.2, 0) is 20.8 Å². The molecule has 0 unspecified atom stereocenters. The number of hydrogen-bond acceptors (Lipinski definition) is 9. The van der Waals surface area contributed by atoms with Crippen LogP contribution >= 0.6 is 0 Å². The Morgan fingerprint density at radius 1 is 0.579 bits per heavy atom. The van der Waals surface area contributed by atoms with Crippen molar-refractivity contribution in [1.82, 2.24) is 6.15 Å². The second-order valence-corrected chi connectivity index (χ2v) is 3.13. The molecule has 0 aromatic rings. The van der Waals surface area contributed by atoms with Gasteiger partial charge in [0, 0.05) is 0 Å². The Hall–Kier alpha value is -2.34. The molecule has 0 amide bonds. The summed E-state index contributed by atoms with van der Waals surface area (Å²) in [6.07, 6.45) is 0. The van der Waals surface area contributed by atoms with Crippen molar-refractivity contribution in [3.63, 3.8) is 0 Å². The van der Waals surface area contributed by atoms with Crippen LogP contribution < -0.4 is 6.15 Å². The lowest BCUT2D eigenvalue weighted by Crippen LogP contribution is -1.89. The summed E-state index contributed by atoms with van der Waals surface area (Å²) in [5.74, 6) is 0. The predicted molar refractivity (Wildman–Crippen MR) is 55.8 cm³/mol. The highest BCUT2D eigenvalue weighted by Crippen LogP contribution is 1.59. The lowest BCUT2D eigenvalue weighted by atomic mass is 10.9. The molecule has 0 atom stereocenters. The molecule has 0 aromatic carbocycles. The molecule has 0 fully saturated rings. The summed E-state index contributed by atoms with van der Waals surface area (Å²) in [6, 6.07) is 4.94. The van der Waals surface area contributed by atoms with E-state index in [4.69, 9.17) is 56.1 Å². The van der Waals surface area contributed by atoms with Gasteiger partial charge in [-0.3, -0.25) is 18.2 Å². The molecular formula is C4H7N5O8S2. The molecule has 0 radical (unpaired) electrons. The Labute approximate surface area is 108 Å². The van der Waals surface area contributed by atoms with Crippen LogP contribution in [0.3, 0.4) is 0 Å². The second-order valence-electron chi connectivity index (χ2n) is 1.34. The van der Waals surface area contributed by atoms with E-state index in [0.717, 1.165) is 0 Å². The molecule has 0 aliphatic rings. The zero-order chi connectivity index (χ0) is 15.8. The third-order valence-corrected chi connectivity index (χ3v) is 0.100. The second kappa shape index (κ2) is 18.0. The van der Waals surface area contributed by atoms with Gasteiger partial charge in [-0.05, 0) is 0 Å². The highest BCUT2D eigenvalue weighted by Gasteiger charge is 1.85. The number of nitriles is 4. The lowest BCUT2D eigenvalue weighted by molar-refractivity contribution is 0.378. The molecule has 13 nitrogen and oxygen atoms in total. The zero-order valence-corrected chi connectivity index (χ0v) is 10.4. The Bertz CT molecular complexity index is 473. The molecule has 0 saturated heterocycles. The van der Waals surface area contributed by atoms with Crippen LogP contribution in [0, 0.1) is 45.3 Å². The Morgan fingerprint density at radius 3 is 0.632 bits per heavy atom. The van der Waals surface area contributed by atoms with E-state index in [2.05, 4.69) is 0 Å². The molecule has 0 aliphatic heterocycles. The van der Waals surface area contributed by atoms with E-state index in [-0.39, 0.29) is 6.15 Å². The van der Waals surface area contributed by atoms with Gasteiger partial charge in [0.15, 0.2) is 24.3 Å². The third kappa shape index (κ3) is 25300. The van der Waals surface area contributed by atoms with E-state index >= 15 is 0 Å². The standard InChI is InChI=1S/2C2N2.H3N.2H2O4S/c2*3-1-2-4;;2*1-5(2,3)4/h;;1H3;2*(H2,1,2,3,4). The minimum atomic E-state index is -4.67. The van der Waals surface area contributed by atoms with Gasteiger partial charge < -0.3 is 6.15 Å². The highest BCUT2D eigenvalue weighted by atomic mass is 32.3.